The van der Waals surface area contributed by atoms with Crippen LogP contribution in [-0.2, 0) is 19.1 Å². The molecule has 0 spiro atoms. The molecule has 4 heterocycles. The van der Waals surface area contributed by atoms with Gasteiger partial charge in [-0.1, -0.05) is 6.07 Å². The lowest BCUT2D eigenvalue weighted by Gasteiger charge is -2.27. The quantitative estimate of drug-likeness (QED) is 0.403. The van der Waals surface area contributed by atoms with Gasteiger partial charge in [-0.25, -0.2) is 9.97 Å². The Bertz CT molecular complexity index is 1430. The average Bonchev–Trinajstić information content (AvgIpc) is 3.32. The Balaban J connectivity index is 1.36. The molecule has 0 aliphatic carbocycles. The highest BCUT2D eigenvalue weighted by Gasteiger charge is 2.32. The summed E-state index contributed by atoms with van der Waals surface area (Å²) < 4.78 is 45.9. The van der Waals surface area contributed by atoms with Gasteiger partial charge in [-0.15, -0.1) is 0 Å². The molecular weight excluding hydrogens is 483 g/mol. The summed E-state index contributed by atoms with van der Waals surface area (Å²) in [6.07, 6.45) is 2.46. The summed E-state index contributed by atoms with van der Waals surface area (Å²) >= 11 is 0. The first-order chi connectivity index (χ1) is 17.6. The molecule has 8 nitrogen and oxygen atoms in total. The van der Waals surface area contributed by atoms with Crippen LogP contribution < -0.4 is 10.5 Å². The lowest BCUT2D eigenvalue weighted by atomic mass is 9.92. The van der Waals surface area contributed by atoms with Crippen LogP contribution >= 0.6 is 0 Å². The van der Waals surface area contributed by atoms with E-state index < -0.39 is 11.9 Å². The molecular formula is C26H26F3N7O. The number of likely N-dealkylation sites (N-methyl/N-ethyl adjacent to an activating group) is 1. The van der Waals surface area contributed by atoms with Crippen LogP contribution in [0.15, 0.2) is 49.1 Å². The zero-order valence-corrected chi connectivity index (χ0v) is 20.6. The molecule has 4 aromatic rings. The van der Waals surface area contributed by atoms with Crippen LogP contribution in [0.1, 0.15) is 40.9 Å². The van der Waals surface area contributed by atoms with Gasteiger partial charge in [0, 0.05) is 24.8 Å². The highest BCUT2D eigenvalue weighted by atomic mass is 19.4. The number of nitrogens with two attached hydrogens (primary N) is 1. The molecule has 1 atom stereocenters. The summed E-state index contributed by atoms with van der Waals surface area (Å²) in [5, 5.41) is 4.28. The number of rotatable bonds is 5. The Hall–Kier alpha value is -3.99. The van der Waals surface area contributed by atoms with E-state index in [4.69, 9.17) is 10.5 Å². The van der Waals surface area contributed by atoms with Crippen LogP contribution in [-0.4, -0.2) is 43.2 Å². The maximum absolute atomic E-state index is 12.8. The van der Waals surface area contributed by atoms with E-state index in [-0.39, 0.29) is 17.7 Å². The molecule has 3 aromatic heterocycles. The van der Waals surface area contributed by atoms with Gasteiger partial charge in [0.05, 0.1) is 30.3 Å². The number of anilines is 1. The number of pyridine rings is 1. The maximum atomic E-state index is 12.8. The van der Waals surface area contributed by atoms with Crippen LogP contribution in [0, 0.1) is 6.92 Å². The summed E-state index contributed by atoms with van der Waals surface area (Å²) in [6, 6.07) is 6.20. The van der Waals surface area contributed by atoms with E-state index in [2.05, 4.69) is 51.1 Å². The average molecular weight is 510 g/mol. The first kappa shape index (κ1) is 24.7. The predicted molar refractivity (Wildman–Crippen MR) is 132 cm³/mol. The van der Waals surface area contributed by atoms with Crippen molar-refractivity contribution in [3.63, 3.8) is 0 Å². The molecule has 0 fully saturated rings. The molecule has 1 aromatic carbocycles. The van der Waals surface area contributed by atoms with E-state index in [1.165, 1.54) is 35.2 Å². The minimum absolute atomic E-state index is 0.130. The number of hydrogen-bond acceptors (Lipinski definition) is 7. The topological polar surface area (TPSA) is 95.0 Å². The van der Waals surface area contributed by atoms with Crippen molar-refractivity contribution in [3.8, 4) is 22.9 Å². The van der Waals surface area contributed by atoms with Crippen molar-refractivity contribution in [1.29, 1.82) is 0 Å². The summed E-state index contributed by atoms with van der Waals surface area (Å²) in [5.41, 5.74) is 11.1. The number of nitrogen functional groups attached to an aromatic ring is 1. The fourth-order valence-electron chi connectivity index (χ4n) is 4.47. The third kappa shape index (κ3) is 5.12. The van der Waals surface area contributed by atoms with Crippen molar-refractivity contribution < 1.29 is 17.9 Å². The Morgan fingerprint density at radius 3 is 2.65 bits per heavy atom. The minimum atomic E-state index is -4.49. The summed E-state index contributed by atoms with van der Waals surface area (Å²) in [7, 11) is 2.11. The van der Waals surface area contributed by atoms with E-state index in [9.17, 15) is 13.2 Å². The largest absolute Gasteiger partial charge is 0.433 e. The molecule has 37 heavy (non-hydrogen) atoms. The van der Waals surface area contributed by atoms with E-state index in [0.29, 0.717) is 17.0 Å². The number of aryl methyl sites for hydroxylation is 1. The first-order valence-electron chi connectivity index (χ1n) is 11.8. The summed E-state index contributed by atoms with van der Waals surface area (Å²) in [4.78, 5) is 14.7. The van der Waals surface area contributed by atoms with E-state index >= 15 is 0 Å². The van der Waals surface area contributed by atoms with Gasteiger partial charge in [0.2, 0.25) is 0 Å². The van der Waals surface area contributed by atoms with Gasteiger partial charge in [0.15, 0.2) is 11.6 Å². The Morgan fingerprint density at radius 1 is 1.11 bits per heavy atom. The molecule has 1 aliphatic heterocycles. The predicted octanol–water partition coefficient (Wildman–Crippen LogP) is 5.03. The Kier molecular flexibility index (Phi) is 6.32. The second-order valence-corrected chi connectivity index (χ2v) is 9.27. The van der Waals surface area contributed by atoms with Crippen molar-refractivity contribution in [1.82, 2.24) is 29.6 Å². The molecule has 5 rings (SSSR count). The number of hydrogen-bond donors (Lipinski definition) is 1. The third-order valence-corrected chi connectivity index (χ3v) is 6.56. The number of nitrogens with zero attached hydrogens (tertiary/aromatic N) is 6. The maximum Gasteiger partial charge on any atom is 0.433 e. The fraction of sp³-hybridized carbons (Fsp3) is 0.308. The molecule has 0 saturated heterocycles. The second kappa shape index (κ2) is 9.47. The number of alkyl halides is 3. The molecule has 0 bridgehead atoms. The van der Waals surface area contributed by atoms with Gasteiger partial charge in [-0.2, -0.15) is 18.3 Å². The number of fused-ring (bicyclic) bond motifs is 1. The molecule has 1 unspecified atom stereocenters. The van der Waals surface area contributed by atoms with Gasteiger partial charge in [-0.05, 0) is 67.8 Å². The Morgan fingerprint density at radius 2 is 1.92 bits per heavy atom. The molecule has 0 radical (unpaired) electrons. The van der Waals surface area contributed by atoms with Crippen LogP contribution in [0.3, 0.4) is 0 Å². The van der Waals surface area contributed by atoms with Gasteiger partial charge >= 0.3 is 6.18 Å². The van der Waals surface area contributed by atoms with Crippen molar-refractivity contribution >= 4 is 5.82 Å². The van der Waals surface area contributed by atoms with Crippen molar-refractivity contribution in [3.05, 3.63) is 77.0 Å². The SMILES string of the molecule is Cc1cc(-c2cnc(N)c(Oc3cnn(C(C)c4ccc(C(F)(F)F)nc4)c3)n2)cc2c1CCN(C)C2. The van der Waals surface area contributed by atoms with Crippen LogP contribution in [0.25, 0.3) is 11.3 Å². The smallest absolute Gasteiger partial charge is 0.433 e. The molecule has 0 saturated carbocycles. The van der Waals surface area contributed by atoms with E-state index in [1.54, 1.807) is 24.0 Å². The summed E-state index contributed by atoms with van der Waals surface area (Å²) in [6.45, 7) is 5.82. The van der Waals surface area contributed by atoms with Gasteiger partial charge < -0.3 is 15.4 Å². The minimum Gasteiger partial charge on any atom is -0.433 e. The van der Waals surface area contributed by atoms with Gasteiger partial charge in [0.25, 0.3) is 5.88 Å². The van der Waals surface area contributed by atoms with E-state index in [1.807, 2.05) is 0 Å². The summed E-state index contributed by atoms with van der Waals surface area (Å²) in [5.74, 6) is 0.646. The number of aromatic nitrogens is 5. The van der Waals surface area contributed by atoms with Crippen LogP contribution in [0.5, 0.6) is 11.6 Å². The standard InChI is InChI=1S/C26H26F3N7O/c1-15-8-18(9-19-13-35(3)7-6-21(15)19)22-12-32-24(30)25(34-22)37-20-11-33-36(14-20)16(2)17-4-5-23(31-10-17)26(27,28)29/h4-5,8-12,14,16H,6-7,13H2,1-3H3,(H2,30,32). The first-order valence-corrected chi connectivity index (χ1v) is 11.8. The van der Waals surface area contributed by atoms with Gasteiger partial charge in [-0.3, -0.25) is 9.67 Å². The highest BCUT2D eigenvalue weighted by Crippen LogP contribution is 2.32. The van der Waals surface area contributed by atoms with E-state index in [0.717, 1.165) is 31.1 Å². The zero-order chi connectivity index (χ0) is 26.3. The third-order valence-electron chi connectivity index (χ3n) is 6.56. The van der Waals surface area contributed by atoms with Crippen molar-refractivity contribution in [2.45, 2.75) is 39.0 Å². The normalized spacial score (nSPS) is 14.9. The van der Waals surface area contributed by atoms with Crippen molar-refractivity contribution in [2.24, 2.45) is 0 Å². The highest BCUT2D eigenvalue weighted by molar-refractivity contribution is 5.64. The monoisotopic (exact) mass is 509 g/mol. The van der Waals surface area contributed by atoms with Crippen molar-refractivity contribution in [2.75, 3.05) is 19.3 Å². The number of benzene rings is 1. The van der Waals surface area contributed by atoms with Crippen LogP contribution in [0.2, 0.25) is 0 Å². The van der Waals surface area contributed by atoms with Gasteiger partial charge in [0.1, 0.15) is 5.69 Å². The van der Waals surface area contributed by atoms with Crippen LogP contribution in [0.4, 0.5) is 19.0 Å². The lowest BCUT2D eigenvalue weighted by Crippen LogP contribution is -2.27. The molecule has 192 valence electrons. The number of ether oxygens (including phenoxy) is 1. The lowest BCUT2D eigenvalue weighted by molar-refractivity contribution is -0.141. The zero-order valence-electron chi connectivity index (χ0n) is 20.6. The fourth-order valence-corrected chi connectivity index (χ4v) is 4.47. The molecule has 2 N–H and O–H groups in total. The second-order valence-electron chi connectivity index (χ2n) is 9.27. The molecule has 11 heteroatoms. The molecule has 1 aliphatic rings. The number of halogens is 3. The Labute approximate surface area is 211 Å². The molecule has 0 amide bonds.